The predicted octanol–water partition coefficient (Wildman–Crippen LogP) is 1.43. The standard InChI is InChI=1S/C13H15N5O2/c1-2-15-13(19)20-17-12(8-18-10-14-9-16-18)11-6-4-3-5-7-11/h3-7,9-10H,2,8H2,1H3,(H,15,19)/b17-12+. The first-order chi connectivity index (χ1) is 9.79. The van der Waals surface area contributed by atoms with Crippen LogP contribution in [0.2, 0.25) is 0 Å². The fourth-order valence-corrected chi connectivity index (χ4v) is 1.54. The second-order valence-electron chi connectivity index (χ2n) is 3.91. The molecule has 0 aliphatic rings. The second kappa shape index (κ2) is 7.03. The van der Waals surface area contributed by atoms with Gasteiger partial charge in [0.05, 0.1) is 6.54 Å². The third kappa shape index (κ3) is 3.91. The molecule has 0 bridgehead atoms. The SMILES string of the molecule is CCNC(=O)O/N=C(\Cn1cncn1)c1ccccc1. The lowest BCUT2D eigenvalue weighted by molar-refractivity contribution is 0.151. The minimum atomic E-state index is -0.584. The van der Waals surface area contributed by atoms with Gasteiger partial charge in [-0.15, -0.1) is 0 Å². The monoisotopic (exact) mass is 273 g/mol. The lowest BCUT2D eigenvalue weighted by Crippen LogP contribution is -2.23. The molecule has 7 nitrogen and oxygen atoms in total. The summed E-state index contributed by atoms with van der Waals surface area (Å²) >= 11 is 0. The van der Waals surface area contributed by atoms with Gasteiger partial charge in [0.2, 0.25) is 0 Å². The summed E-state index contributed by atoms with van der Waals surface area (Å²) in [6.45, 7) is 2.65. The lowest BCUT2D eigenvalue weighted by Gasteiger charge is -2.06. The van der Waals surface area contributed by atoms with Gasteiger partial charge in [-0.3, -0.25) is 4.84 Å². The van der Waals surface area contributed by atoms with Crippen molar-refractivity contribution in [3.05, 3.63) is 48.5 Å². The van der Waals surface area contributed by atoms with E-state index in [0.29, 0.717) is 18.8 Å². The Bertz CT molecular complexity index is 566. The van der Waals surface area contributed by atoms with Crippen LogP contribution in [0.4, 0.5) is 4.79 Å². The van der Waals surface area contributed by atoms with Crippen LogP contribution in [0.15, 0.2) is 48.1 Å². The van der Waals surface area contributed by atoms with E-state index in [1.54, 1.807) is 17.9 Å². The molecule has 0 fully saturated rings. The zero-order valence-electron chi connectivity index (χ0n) is 11.1. The first-order valence-corrected chi connectivity index (χ1v) is 6.19. The number of benzene rings is 1. The molecule has 0 unspecified atom stereocenters. The fourth-order valence-electron chi connectivity index (χ4n) is 1.54. The van der Waals surface area contributed by atoms with Gasteiger partial charge in [0, 0.05) is 12.1 Å². The summed E-state index contributed by atoms with van der Waals surface area (Å²) in [5.41, 5.74) is 1.44. The molecule has 0 radical (unpaired) electrons. The van der Waals surface area contributed by atoms with Crippen LogP contribution >= 0.6 is 0 Å². The molecular formula is C13H15N5O2. The summed E-state index contributed by atoms with van der Waals surface area (Å²) in [5, 5.41) is 10.4. The summed E-state index contributed by atoms with van der Waals surface area (Å²) in [6.07, 6.45) is 2.43. The molecule has 104 valence electrons. The molecule has 0 aliphatic heterocycles. The zero-order valence-corrected chi connectivity index (χ0v) is 11.1. The molecule has 1 aromatic carbocycles. The number of amides is 1. The Labute approximate surface area is 116 Å². The van der Waals surface area contributed by atoms with Gasteiger partial charge in [-0.05, 0) is 6.92 Å². The molecule has 20 heavy (non-hydrogen) atoms. The quantitative estimate of drug-likeness (QED) is 0.507. The highest BCUT2D eigenvalue weighted by molar-refractivity contribution is 6.00. The number of oxime groups is 1. The summed E-state index contributed by atoms with van der Waals surface area (Å²) < 4.78 is 1.60. The molecule has 0 spiro atoms. The Kier molecular flexibility index (Phi) is 4.82. The summed E-state index contributed by atoms with van der Waals surface area (Å²) in [6, 6.07) is 9.45. The van der Waals surface area contributed by atoms with Crippen molar-refractivity contribution in [3.8, 4) is 0 Å². The van der Waals surface area contributed by atoms with Crippen LogP contribution in [-0.2, 0) is 11.4 Å². The van der Waals surface area contributed by atoms with Crippen LogP contribution in [0, 0.1) is 0 Å². The summed E-state index contributed by atoms with van der Waals surface area (Å²) in [7, 11) is 0. The Balaban J connectivity index is 2.16. The third-order valence-corrected chi connectivity index (χ3v) is 2.45. The van der Waals surface area contributed by atoms with Gasteiger partial charge in [-0.25, -0.2) is 14.5 Å². The van der Waals surface area contributed by atoms with E-state index in [-0.39, 0.29) is 0 Å². The van der Waals surface area contributed by atoms with Gasteiger partial charge in [0.25, 0.3) is 0 Å². The van der Waals surface area contributed by atoms with E-state index in [9.17, 15) is 4.79 Å². The summed E-state index contributed by atoms with van der Waals surface area (Å²) in [4.78, 5) is 20.0. The number of hydrogen-bond donors (Lipinski definition) is 1. The minimum absolute atomic E-state index is 0.365. The van der Waals surface area contributed by atoms with Gasteiger partial charge in [0.1, 0.15) is 18.4 Å². The van der Waals surface area contributed by atoms with Crippen molar-refractivity contribution >= 4 is 11.8 Å². The van der Waals surface area contributed by atoms with Crippen molar-refractivity contribution in [2.45, 2.75) is 13.5 Å². The van der Waals surface area contributed by atoms with Crippen molar-refractivity contribution in [1.82, 2.24) is 20.1 Å². The Morgan fingerprint density at radius 2 is 2.20 bits per heavy atom. The Morgan fingerprint density at radius 3 is 2.85 bits per heavy atom. The normalized spacial score (nSPS) is 11.2. The number of nitrogens with zero attached hydrogens (tertiary/aromatic N) is 4. The van der Waals surface area contributed by atoms with Gasteiger partial charge < -0.3 is 5.32 Å². The van der Waals surface area contributed by atoms with E-state index in [1.165, 1.54) is 6.33 Å². The van der Waals surface area contributed by atoms with E-state index in [0.717, 1.165) is 5.56 Å². The highest BCUT2D eigenvalue weighted by Crippen LogP contribution is 2.04. The molecule has 0 saturated heterocycles. The van der Waals surface area contributed by atoms with Crippen molar-refractivity contribution < 1.29 is 9.63 Å². The van der Waals surface area contributed by atoms with Crippen LogP contribution in [0.25, 0.3) is 0 Å². The van der Waals surface area contributed by atoms with Crippen LogP contribution < -0.4 is 5.32 Å². The summed E-state index contributed by atoms with van der Waals surface area (Å²) in [5.74, 6) is 0. The maximum Gasteiger partial charge on any atom is 0.433 e. The highest BCUT2D eigenvalue weighted by Gasteiger charge is 2.08. The number of aromatic nitrogens is 3. The lowest BCUT2D eigenvalue weighted by atomic mass is 10.1. The van der Waals surface area contributed by atoms with E-state index in [1.807, 2.05) is 30.3 Å². The number of rotatable bonds is 5. The van der Waals surface area contributed by atoms with Gasteiger partial charge in [-0.2, -0.15) is 5.10 Å². The molecular weight excluding hydrogens is 258 g/mol. The van der Waals surface area contributed by atoms with Crippen LogP contribution in [0.3, 0.4) is 0 Å². The molecule has 1 N–H and O–H groups in total. The largest absolute Gasteiger partial charge is 0.433 e. The molecule has 1 aromatic heterocycles. The van der Waals surface area contributed by atoms with E-state index >= 15 is 0 Å². The van der Waals surface area contributed by atoms with Crippen molar-refractivity contribution in [2.75, 3.05) is 6.54 Å². The molecule has 1 amide bonds. The molecule has 0 saturated carbocycles. The molecule has 1 heterocycles. The topological polar surface area (TPSA) is 81.4 Å². The second-order valence-corrected chi connectivity index (χ2v) is 3.91. The van der Waals surface area contributed by atoms with Gasteiger partial charge in [-0.1, -0.05) is 35.5 Å². The predicted molar refractivity (Wildman–Crippen MR) is 73.2 cm³/mol. The fraction of sp³-hybridized carbons (Fsp3) is 0.231. The van der Waals surface area contributed by atoms with Crippen LogP contribution in [-0.4, -0.2) is 33.1 Å². The Morgan fingerprint density at radius 1 is 1.40 bits per heavy atom. The Hall–Kier alpha value is -2.70. The molecule has 7 heteroatoms. The van der Waals surface area contributed by atoms with Gasteiger partial charge >= 0.3 is 6.09 Å². The average Bonchev–Trinajstić information content (AvgIpc) is 2.97. The highest BCUT2D eigenvalue weighted by atomic mass is 16.7. The first kappa shape index (κ1) is 13.7. The van der Waals surface area contributed by atoms with E-state index in [2.05, 4.69) is 20.6 Å². The number of carbonyl (C=O) groups is 1. The molecule has 2 aromatic rings. The molecule has 0 aliphatic carbocycles. The third-order valence-electron chi connectivity index (χ3n) is 2.45. The van der Waals surface area contributed by atoms with Crippen molar-refractivity contribution in [1.29, 1.82) is 0 Å². The number of hydrogen-bond acceptors (Lipinski definition) is 5. The first-order valence-electron chi connectivity index (χ1n) is 6.19. The maximum atomic E-state index is 11.3. The van der Waals surface area contributed by atoms with Crippen LogP contribution in [0.1, 0.15) is 12.5 Å². The molecule has 2 rings (SSSR count). The van der Waals surface area contributed by atoms with Gasteiger partial charge in [0.15, 0.2) is 0 Å². The molecule has 0 atom stereocenters. The minimum Gasteiger partial charge on any atom is -0.320 e. The number of nitrogens with one attached hydrogen (secondary N) is 1. The number of carbonyl (C=O) groups excluding carboxylic acids is 1. The smallest absolute Gasteiger partial charge is 0.320 e. The average molecular weight is 273 g/mol. The van der Waals surface area contributed by atoms with Crippen LogP contribution in [0.5, 0.6) is 0 Å². The van der Waals surface area contributed by atoms with E-state index < -0.39 is 6.09 Å². The maximum absolute atomic E-state index is 11.3. The van der Waals surface area contributed by atoms with Crippen molar-refractivity contribution in [2.24, 2.45) is 5.16 Å². The van der Waals surface area contributed by atoms with E-state index in [4.69, 9.17) is 4.84 Å². The zero-order chi connectivity index (χ0) is 14.2. The van der Waals surface area contributed by atoms with Crippen molar-refractivity contribution in [3.63, 3.8) is 0 Å².